The molecule has 0 saturated carbocycles. The summed E-state index contributed by atoms with van der Waals surface area (Å²) in [5.74, 6) is 0.823. The van der Waals surface area contributed by atoms with E-state index in [1.54, 1.807) is 0 Å². The number of H-pyrrole nitrogens is 1. The van der Waals surface area contributed by atoms with Crippen molar-refractivity contribution in [3.63, 3.8) is 0 Å². The molecule has 1 aromatic heterocycles. The van der Waals surface area contributed by atoms with Crippen molar-refractivity contribution < 1.29 is 0 Å². The average molecular weight is 251 g/mol. The Morgan fingerprint density at radius 2 is 2.29 bits per heavy atom. The standard InChI is InChI=1S/C12H15ClN4/c1-8-3-4-9(10(13)5-8)6-11(14-2)12-15-7-16-17-12/h3-5,7,11,14H,6H2,1-2H3,(H,15,16,17). The Kier molecular flexibility index (Phi) is 3.76. The lowest BCUT2D eigenvalue weighted by molar-refractivity contribution is 0.560. The Balaban J connectivity index is 2.19. The first-order chi connectivity index (χ1) is 8.20. The highest BCUT2D eigenvalue weighted by Crippen LogP contribution is 2.22. The molecule has 2 rings (SSSR count). The third-order valence-corrected chi connectivity index (χ3v) is 3.10. The maximum atomic E-state index is 6.22. The third-order valence-electron chi connectivity index (χ3n) is 2.74. The lowest BCUT2D eigenvalue weighted by atomic mass is 10.0. The molecule has 0 amide bonds. The van der Waals surface area contributed by atoms with Gasteiger partial charge in [0.05, 0.1) is 6.04 Å². The van der Waals surface area contributed by atoms with Crippen LogP contribution in [0.3, 0.4) is 0 Å². The smallest absolute Gasteiger partial charge is 0.141 e. The van der Waals surface area contributed by atoms with Crippen LogP contribution in [0, 0.1) is 6.92 Å². The first kappa shape index (κ1) is 12.1. The fourth-order valence-corrected chi connectivity index (χ4v) is 2.07. The minimum atomic E-state index is 0.0951. The molecule has 1 unspecified atom stereocenters. The van der Waals surface area contributed by atoms with E-state index in [-0.39, 0.29) is 6.04 Å². The number of nitrogens with zero attached hydrogens (tertiary/aromatic N) is 2. The molecule has 1 heterocycles. The summed E-state index contributed by atoms with van der Waals surface area (Å²) in [6.07, 6.45) is 2.29. The first-order valence-corrected chi connectivity index (χ1v) is 5.86. The van der Waals surface area contributed by atoms with Crippen LogP contribution in [0.1, 0.15) is 23.0 Å². The number of aryl methyl sites for hydroxylation is 1. The van der Waals surface area contributed by atoms with Crippen molar-refractivity contribution in [1.82, 2.24) is 20.5 Å². The maximum Gasteiger partial charge on any atom is 0.141 e. The van der Waals surface area contributed by atoms with Crippen molar-refractivity contribution in [3.8, 4) is 0 Å². The first-order valence-electron chi connectivity index (χ1n) is 5.48. The molecule has 5 heteroatoms. The van der Waals surface area contributed by atoms with Gasteiger partial charge in [-0.1, -0.05) is 23.7 Å². The largest absolute Gasteiger partial charge is 0.310 e. The lowest BCUT2D eigenvalue weighted by Gasteiger charge is -2.14. The minimum absolute atomic E-state index is 0.0951. The number of hydrogen-bond donors (Lipinski definition) is 2. The van der Waals surface area contributed by atoms with Crippen LogP contribution in [0.15, 0.2) is 24.5 Å². The second-order valence-electron chi connectivity index (χ2n) is 4.01. The van der Waals surface area contributed by atoms with E-state index in [0.29, 0.717) is 0 Å². The molecule has 0 bridgehead atoms. The van der Waals surface area contributed by atoms with E-state index in [1.807, 2.05) is 20.0 Å². The average Bonchev–Trinajstić information content (AvgIpc) is 2.81. The van der Waals surface area contributed by atoms with Gasteiger partial charge in [0.25, 0.3) is 0 Å². The SMILES string of the molecule is CNC(Cc1ccc(C)cc1Cl)c1ncn[nH]1. The summed E-state index contributed by atoms with van der Waals surface area (Å²) in [6, 6.07) is 6.19. The summed E-state index contributed by atoms with van der Waals surface area (Å²) in [7, 11) is 1.90. The molecule has 1 atom stereocenters. The Bertz CT molecular complexity index is 481. The highest BCUT2D eigenvalue weighted by Gasteiger charge is 2.14. The van der Waals surface area contributed by atoms with E-state index in [4.69, 9.17) is 11.6 Å². The van der Waals surface area contributed by atoms with Crippen LogP contribution in [0.5, 0.6) is 0 Å². The van der Waals surface area contributed by atoms with Gasteiger partial charge in [-0.3, -0.25) is 5.10 Å². The molecule has 0 spiro atoms. The number of aromatic amines is 1. The van der Waals surface area contributed by atoms with E-state index in [9.17, 15) is 0 Å². The van der Waals surface area contributed by atoms with E-state index in [0.717, 1.165) is 22.8 Å². The van der Waals surface area contributed by atoms with Gasteiger partial charge in [-0.15, -0.1) is 0 Å². The summed E-state index contributed by atoms with van der Waals surface area (Å²) in [5.41, 5.74) is 2.27. The van der Waals surface area contributed by atoms with Crippen molar-refractivity contribution in [1.29, 1.82) is 0 Å². The van der Waals surface area contributed by atoms with E-state index in [2.05, 4.69) is 32.6 Å². The maximum absolute atomic E-state index is 6.22. The summed E-state index contributed by atoms with van der Waals surface area (Å²) in [4.78, 5) is 4.16. The van der Waals surface area contributed by atoms with Crippen LogP contribution in [0.25, 0.3) is 0 Å². The fourth-order valence-electron chi connectivity index (χ4n) is 1.76. The van der Waals surface area contributed by atoms with Crippen LogP contribution in [-0.4, -0.2) is 22.2 Å². The van der Waals surface area contributed by atoms with Gasteiger partial charge in [0, 0.05) is 5.02 Å². The fraction of sp³-hybridized carbons (Fsp3) is 0.333. The Morgan fingerprint density at radius 3 is 2.88 bits per heavy atom. The molecule has 0 fully saturated rings. The molecule has 0 saturated heterocycles. The number of halogens is 1. The predicted octanol–water partition coefficient (Wildman–Crippen LogP) is 2.27. The van der Waals surface area contributed by atoms with Gasteiger partial charge in [0.2, 0.25) is 0 Å². The zero-order valence-electron chi connectivity index (χ0n) is 9.87. The van der Waals surface area contributed by atoms with Crippen molar-refractivity contribution in [2.45, 2.75) is 19.4 Å². The summed E-state index contributed by atoms with van der Waals surface area (Å²) in [6.45, 7) is 2.03. The molecule has 0 aliphatic rings. The molecular formula is C12H15ClN4. The lowest BCUT2D eigenvalue weighted by Crippen LogP contribution is -2.20. The van der Waals surface area contributed by atoms with Gasteiger partial charge in [-0.2, -0.15) is 5.10 Å². The molecule has 0 aliphatic carbocycles. The highest BCUT2D eigenvalue weighted by atomic mass is 35.5. The van der Waals surface area contributed by atoms with Crippen LogP contribution in [0.2, 0.25) is 5.02 Å². The Hall–Kier alpha value is -1.39. The molecule has 0 aliphatic heterocycles. The van der Waals surface area contributed by atoms with Gasteiger partial charge >= 0.3 is 0 Å². The second kappa shape index (κ2) is 5.29. The molecule has 2 N–H and O–H groups in total. The zero-order chi connectivity index (χ0) is 12.3. The highest BCUT2D eigenvalue weighted by molar-refractivity contribution is 6.31. The van der Waals surface area contributed by atoms with Crippen molar-refractivity contribution in [2.75, 3.05) is 7.05 Å². The second-order valence-corrected chi connectivity index (χ2v) is 4.42. The van der Waals surface area contributed by atoms with Gasteiger partial charge in [0.15, 0.2) is 0 Å². The minimum Gasteiger partial charge on any atom is -0.310 e. The number of benzene rings is 1. The predicted molar refractivity (Wildman–Crippen MR) is 68.1 cm³/mol. The number of rotatable bonds is 4. The molecule has 1 aromatic carbocycles. The van der Waals surface area contributed by atoms with Crippen LogP contribution >= 0.6 is 11.6 Å². The number of hydrogen-bond acceptors (Lipinski definition) is 3. The normalized spacial score (nSPS) is 12.6. The monoisotopic (exact) mass is 250 g/mol. The molecular weight excluding hydrogens is 236 g/mol. The quantitative estimate of drug-likeness (QED) is 0.875. The van der Waals surface area contributed by atoms with E-state index in [1.165, 1.54) is 11.9 Å². The van der Waals surface area contributed by atoms with Crippen molar-refractivity contribution in [2.24, 2.45) is 0 Å². The zero-order valence-corrected chi connectivity index (χ0v) is 10.6. The van der Waals surface area contributed by atoms with Crippen LogP contribution < -0.4 is 5.32 Å². The van der Waals surface area contributed by atoms with Crippen molar-refractivity contribution >= 4 is 11.6 Å². The molecule has 2 aromatic rings. The molecule has 0 radical (unpaired) electrons. The van der Waals surface area contributed by atoms with Crippen LogP contribution in [0.4, 0.5) is 0 Å². The number of nitrogens with one attached hydrogen (secondary N) is 2. The van der Waals surface area contributed by atoms with Gasteiger partial charge in [-0.05, 0) is 37.6 Å². The molecule has 4 nitrogen and oxygen atoms in total. The van der Waals surface area contributed by atoms with E-state index < -0.39 is 0 Å². The number of likely N-dealkylation sites (N-methyl/N-ethyl adjacent to an activating group) is 1. The molecule has 90 valence electrons. The molecule has 17 heavy (non-hydrogen) atoms. The van der Waals surface area contributed by atoms with E-state index >= 15 is 0 Å². The summed E-state index contributed by atoms with van der Waals surface area (Å²) < 4.78 is 0. The topological polar surface area (TPSA) is 53.6 Å². The van der Waals surface area contributed by atoms with Crippen LogP contribution in [-0.2, 0) is 6.42 Å². The van der Waals surface area contributed by atoms with Crippen molar-refractivity contribution in [3.05, 3.63) is 46.5 Å². The summed E-state index contributed by atoms with van der Waals surface area (Å²) in [5, 5.41) is 10.7. The Labute approximate surface area is 105 Å². The Morgan fingerprint density at radius 1 is 1.47 bits per heavy atom. The van der Waals surface area contributed by atoms with Gasteiger partial charge in [0.1, 0.15) is 12.2 Å². The third kappa shape index (κ3) is 2.84. The number of aromatic nitrogens is 3. The summed E-state index contributed by atoms with van der Waals surface area (Å²) >= 11 is 6.22. The van der Waals surface area contributed by atoms with Gasteiger partial charge in [-0.25, -0.2) is 4.98 Å². The van der Waals surface area contributed by atoms with Gasteiger partial charge < -0.3 is 5.32 Å².